The maximum absolute atomic E-state index is 13.2. The van der Waals surface area contributed by atoms with Crippen molar-refractivity contribution in [3.8, 4) is 5.75 Å². The number of halogens is 2. The van der Waals surface area contributed by atoms with Crippen LogP contribution in [0.3, 0.4) is 0 Å². The van der Waals surface area contributed by atoms with Gasteiger partial charge in [0, 0.05) is 12.1 Å². The number of hydrogen-bond acceptors (Lipinski definition) is 4. The van der Waals surface area contributed by atoms with Gasteiger partial charge in [0.15, 0.2) is 11.5 Å². The van der Waals surface area contributed by atoms with Gasteiger partial charge in [-0.1, -0.05) is 5.16 Å². The number of ether oxygens (including phenoxy) is 1. The predicted octanol–water partition coefficient (Wildman–Crippen LogP) is 2.85. The number of carboxylic acid groups (broad SMARTS) is 1. The van der Waals surface area contributed by atoms with Crippen LogP contribution in [0.1, 0.15) is 16.2 Å². The first-order valence-electron chi connectivity index (χ1n) is 4.83. The molecule has 0 amide bonds. The molecule has 0 radical (unpaired) electrons. The Labute approximate surface area is 109 Å². The largest absolute Gasteiger partial charge is 0.485 e. The molecule has 0 aliphatic heterocycles. The molecular formula is C11H7BrFNO4. The molecule has 0 aliphatic rings. The van der Waals surface area contributed by atoms with Gasteiger partial charge < -0.3 is 14.4 Å². The quantitative estimate of drug-likeness (QED) is 0.939. The molecule has 1 heterocycles. The molecule has 0 spiro atoms. The highest BCUT2D eigenvalue weighted by Gasteiger charge is 2.11. The molecule has 0 aliphatic carbocycles. The Morgan fingerprint density at radius 1 is 1.50 bits per heavy atom. The molecular weight excluding hydrogens is 309 g/mol. The molecule has 0 saturated carbocycles. The molecule has 1 aromatic carbocycles. The lowest BCUT2D eigenvalue weighted by molar-refractivity contribution is 0.0685. The van der Waals surface area contributed by atoms with Gasteiger partial charge >= 0.3 is 5.97 Å². The lowest BCUT2D eigenvalue weighted by atomic mass is 10.3. The third-order valence-corrected chi connectivity index (χ3v) is 2.69. The summed E-state index contributed by atoms with van der Waals surface area (Å²) in [6.07, 6.45) is 0. The van der Waals surface area contributed by atoms with Gasteiger partial charge in [-0.05, 0) is 28.1 Å². The van der Waals surface area contributed by atoms with E-state index in [1.54, 1.807) is 6.07 Å². The zero-order valence-corrected chi connectivity index (χ0v) is 10.5. The van der Waals surface area contributed by atoms with Crippen molar-refractivity contribution in [2.45, 2.75) is 6.61 Å². The third kappa shape index (κ3) is 2.86. The minimum atomic E-state index is -1.18. The van der Waals surface area contributed by atoms with Gasteiger partial charge in [0.2, 0.25) is 0 Å². The number of nitrogens with zero attached hydrogens (tertiary/aromatic N) is 1. The van der Waals surface area contributed by atoms with Crippen molar-refractivity contribution in [1.82, 2.24) is 5.16 Å². The molecule has 2 aromatic rings. The van der Waals surface area contributed by atoms with Crippen molar-refractivity contribution in [2.24, 2.45) is 0 Å². The number of benzene rings is 1. The van der Waals surface area contributed by atoms with Gasteiger partial charge in [0.1, 0.15) is 18.2 Å². The molecule has 94 valence electrons. The lowest BCUT2D eigenvalue weighted by Gasteiger charge is -2.03. The standard InChI is InChI=1S/C11H7BrFNO4/c12-8-2-1-6(3-9(8)13)17-5-7-4-10(11(15)16)14-18-7/h1-4H,5H2,(H,15,16). The normalized spacial score (nSPS) is 10.3. The van der Waals surface area contributed by atoms with E-state index in [9.17, 15) is 9.18 Å². The van der Waals surface area contributed by atoms with Crippen molar-refractivity contribution in [2.75, 3.05) is 0 Å². The van der Waals surface area contributed by atoms with Crippen LogP contribution in [0.2, 0.25) is 0 Å². The summed E-state index contributed by atoms with van der Waals surface area (Å²) in [5.41, 5.74) is -0.199. The molecule has 0 fully saturated rings. The Balaban J connectivity index is 2.02. The van der Waals surface area contributed by atoms with E-state index >= 15 is 0 Å². The maximum Gasteiger partial charge on any atom is 0.358 e. The van der Waals surface area contributed by atoms with E-state index in [4.69, 9.17) is 14.4 Å². The van der Waals surface area contributed by atoms with Crippen LogP contribution in [0.5, 0.6) is 5.75 Å². The number of rotatable bonds is 4. The topological polar surface area (TPSA) is 72.6 Å². The first kappa shape index (κ1) is 12.6. The SMILES string of the molecule is O=C(O)c1cc(COc2ccc(Br)c(F)c2)on1. The lowest BCUT2D eigenvalue weighted by Crippen LogP contribution is -1.96. The van der Waals surface area contributed by atoms with Crippen molar-refractivity contribution in [3.05, 3.63) is 46.0 Å². The van der Waals surface area contributed by atoms with E-state index in [0.717, 1.165) is 0 Å². The summed E-state index contributed by atoms with van der Waals surface area (Å²) in [5.74, 6) is -1.07. The molecule has 0 saturated heterocycles. The van der Waals surface area contributed by atoms with E-state index in [-0.39, 0.29) is 18.1 Å². The molecule has 1 aromatic heterocycles. The predicted molar refractivity (Wildman–Crippen MR) is 61.9 cm³/mol. The summed E-state index contributed by atoms with van der Waals surface area (Å²) in [4.78, 5) is 10.6. The first-order chi connectivity index (χ1) is 8.56. The molecule has 0 unspecified atom stereocenters. The average molecular weight is 316 g/mol. The molecule has 2 rings (SSSR count). The molecule has 1 N–H and O–H groups in total. The molecule has 0 bridgehead atoms. The van der Waals surface area contributed by atoms with E-state index in [2.05, 4.69) is 21.1 Å². The summed E-state index contributed by atoms with van der Waals surface area (Å²) in [6, 6.07) is 5.53. The Morgan fingerprint density at radius 2 is 2.28 bits per heavy atom. The Bertz CT molecular complexity index is 584. The van der Waals surface area contributed by atoms with Crippen molar-refractivity contribution in [1.29, 1.82) is 0 Å². The summed E-state index contributed by atoms with van der Waals surface area (Å²) >= 11 is 3.02. The summed E-state index contributed by atoms with van der Waals surface area (Å²) in [7, 11) is 0. The third-order valence-electron chi connectivity index (χ3n) is 2.05. The molecule has 18 heavy (non-hydrogen) atoms. The number of hydrogen-bond donors (Lipinski definition) is 1. The molecule has 5 nitrogen and oxygen atoms in total. The van der Waals surface area contributed by atoms with E-state index < -0.39 is 11.8 Å². The zero-order valence-electron chi connectivity index (χ0n) is 8.89. The average Bonchev–Trinajstić information content (AvgIpc) is 2.79. The van der Waals surface area contributed by atoms with E-state index in [0.29, 0.717) is 10.2 Å². The number of carbonyl (C=O) groups is 1. The minimum Gasteiger partial charge on any atom is -0.485 e. The smallest absolute Gasteiger partial charge is 0.358 e. The Kier molecular flexibility index (Phi) is 3.61. The zero-order chi connectivity index (χ0) is 13.1. The monoisotopic (exact) mass is 315 g/mol. The van der Waals surface area contributed by atoms with Gasteiger partial charge in [-0.3, -0.25) is 0 Å². The summed E-state index contributed by atoms with van der Waals surface area (Å²) < 4.78 is 23.5. The number of aromatic nitrogens is 1. The summed E-state index contributed by atoms with van der Waals surface area (Å²) in [6.45, 7) is -0.0264. The Hall–Kier alpha value is -1.89. The maximum atomic E-state index is 13.2. The minimum absolute atomic E-state index is 0.0264. The molecule has 0 atom stereocenters. The number of aromatic carboxylic acids is 1. The van der Waals surface area contributed by atoms with Crippen LogP contribution in [0.25, 0.3) is 0 Å². The highest BCUT2D eigenvalue weighted by molar-refractivity contribution is 9.10. The van der Waals surface area contributed by atoms with Crippen LogP contribution in [-0.2, 0) is 6.61 Å². The van der Waals surface area contributed by atoms with Crippen LogP contribution < -0.4 is 4.74 Å². The van der Waals surface area contributed by atoms with Crippen LogP contribution in [0.4, 0.5) is 4.39 Å². The van der Waals surface area contributed by atoms with Gasteiger partial charge in [-0.25, -0.2) is 9.18 Å². The fourth-order valence-corrected chi connectivity index (χ4v) is 1.45. The van der Waals surface area contributed by atoms with Gasteiger partial charge in [-0.2, -0.15) is 0 Å². The second-order valence-corrected chi connectivity index (χ2v) is 4.20. The van der Waals surface area contributed by atoms with Crippen molar-refractivity contribution >= 4 is 21.9 Å². The van der Waals surface area contributed by atoms with Gasteiger partial charge in [0.05, 0.1) is 4.47 Å². The summed E-state index contributed by atoms with van der Waals surface area (Å²) in [5, 5.41) is 12.0. The van der Waals surface area contributed by atoms with Gasteiger partial charge in [0.25, 0.3) is 0 Å². The highest BCUT2D eigenvalue weighted by Crippen LogP contribution is 2.21. The second-order valence-electron chi connectivity index (χ2n) is 3.35. The van der Waals surface area contributed by atoms with Crippen LogP contribution in [0.15, 0.2) is 33.3 Å². The van der Waals surface area contributed by atoms with Crippen molar-refractivity contribution < 1.29 is 23.6 Å². The van der Waals surface area contributed by atoms with Crippen molar-refractivity contribution in [3.63, 3.8) is 0 Å². The van der Waals surface area contributed by atoms with Crippen LogP contribution in [0, 0.1) is 5.82 Å². The fourth-order valence-electron chi connectivity index (χ4n) is 1.20. The van der Waals surface area contributed by atoms with E-state index in [1.807, 2.05) is 0 Å². The number of carboxylic acids is 1. The molecule has 7 heteroatoms. The first-order valence-corrected chi connectivity index (χ1v) is 5.62. The second kappa shape index (κ2) is 5.18. The van der Waals surface area contributed by atoms with Crippen LogP contribution >= 0.6 is 15.9 Å². The fraction of sp³-hybridized carbons (Fsp3) is 0.0909. The van der Waals surface area contributed by atoms with Gasteiger partial charge in [-0.15, -0.1) is 0 Å². The van der Waals surface area contributed by atoms with Crippen LogP contribution in [-0.4, -0.2) is 16.2 Å². The highest BCUT2D eigenvalue weighted by atomic mass is 79.9. The Morgan fingerprint density at radius 3 is 2.89 bits per heavy atom. The van der Waals surface area contributed by atoms with E-state index in [1.165, 1.54) is 18.2 Å².